The van der Waals surface area contributed by atoms with Crippen molar-refractivity contribution < 1.29 is 13.6 Å². The van der Waals surface area contributed by atoms with Crippen LogP contribution in [-0.4, -0.2) is 28.0 Å². The molecule has 2 rings (SSSR count). The van der Waals surface area contributed by atoms with Gasteiger partial charge in [-0.3, -0.25) is 9.36 Å². The van der Waals surface area contributed by atoms with Crippen LogP contribution in [0.15, 0.2) is 12.4 Å². The van der Waals surface area contributed by atoms with E-state index in [1.165, 1.54) is 12.4 Å². The van der Waals surface area contributed by atoms with Crippen molar-refractivity contribution in [2.45, 2.75) is 32.0 Å². The van der Waals surface area contributed by atoms with Crippen LogP contribution >= 0.6 is 0 Å². The molecule has 5 nitrogen and oxygen atoms in total. The summed E-state index contributed by atoms with van der Waals surface area (Å²) < 4.78 is 25.9. The highest BCUT2D eigenvalue weighted by molar-refractivity contribution is 5.76. The zero-order valence-corrected chi connectivity index (χ0v) is 9.20. The molecule has 17 heavy (non-hydrogen) atoms. The molecule has 1 saturated heterocycles. The van der Waals surface area contributed by atoms with Crippen molar-refractivity contribution in [3.63, 3.8) is 0 Å². The van der Waals surface area contributed by atoms with Crippen molar-refractivity contribution in [3.8, 4) is 0 Å². The van der Waals surface area contributed by atoms with E-state index in [2.05, 4.69) is 15.6 Å². The molecule has 1 fully saturated rings. The van der Waals surface area contributed by atoms with Crippen LogP contribution in [0.25, 0.3) is 0 Å². The predicted octanol–water partition coefficient (Wildman–Crippen LogP) is 0.646. The molecule has 0 aromatic carbocycles. The van der Waals surface area contributed by atoms with Crippen molar-refractivity contribution in [2.24, 2.45) is 0 Å². The Bertz CT molecular complexity index is 383. The second-order valence-corrected chi connectivity index (χ2v) is 3.95. The van der Waals surface area contributed by atoms with Gasteiger partial charge < -0.3 is 10.6 Å². The van der Waals surface area contributed by atoms with E-state index in [1.54, 1.807) is 0 Å². The van der Waals surface area contributed by atoms with Crippen LogP contribution in [0.5, 0.6) is 0 Å². The Morgan fingerprint density at radius 3 is 3.12 bits per heavy atom. The monoisotopic (exact) mass is 244 g/mol. The number of carbonyl (C=O) groups is 1. The van der Waals surface area contributed by atoms with Crippen molar-refractivity contribution in [1.29, 1.82) is 0 Å². The summed E-state index contributed by atoms with van der Waals surface area (Å²) in [6.45, 7) is -1.76. The van der Waals surface area contributed by atoms with Gasteiger partial charge in [0, 0.05) is 31.4 Å². The molecular weight excluding hydrogens is 230 g/mol. The average Bonchev–Trinajstić information content (AvgIpc) is 2.76. The van der Waals surface area contributed by atoms with Gasteiger partial charge in [0.2, 0.25) is 5.91 Å². The summed E-state index contributed by atoms with van der Waals surface area (Å²) in [6, 6.07) is 0.121. The molecule has 0 spiro atoms. The molecule has 0 bridgehead atoms. The number of aromatic nitrogens is 2. The minimum Gasteiger partial charge on any atom is -0.355 e. The van der Waals surface area contributed by atoms with Crippen LogP contribution < -0.4 is 10.6 Å². The van der Waals surface area contributed by atoms with Gasteiger partial charge in [-0.05, 0) is 6.42 Å². The Morgan fingerprint density at radius 2 is 2.47 bits per heavy atom. The lowest BCUT2D eigenvalue weighted by Crippen LogP contribution is -2.45. The molecule has 1 aliphatic rings. The highest BCUT2D eigenvalue weighted by Gasteiger charge is 2.18. The summed E-state index contributed by atoms with van der Waals surface area (Å²) in [6.07, 6.45) is 3.80. The minimum absolute atomic E-state index is 0.0390. The number of amides is 1. The molecule has 2 N–H and O–H groups in total. The summed E-state index contributed by atoms with van der Waals surface area (Å²) in [5.74, 6) is 0.342. The number of hydrogen-bond acceptors (Lipinski definition) is 3. The molecule has 0 saturated carbocycles. The molecule has 1 amide bonds. The van der Waals surface area contributed by atoms with Crippen molar-refractivity contribution in [2.75, 3.05) is 6.54 Å². The normalized spacial score (nSPS) is 20.6. The third-order valence-electron chi connectivity index (χ3n) is 2.77. The number of halogens is 2. The van der Waals surface area contributed by atoms with Gasteiger partial charge >= 0.3 is 6.55 Å². The molecule has 94 valence electrons. The van der Waals surface area contributed by atoms with Crippen LogP contribution in [-0.2, 0) is 11.3 Å². The maximum absolute atomic E-state index is 12.5. The fraction of sp³-hybridized carbons (Fsp3) is 0.600. The van der Waals surface area contributed by atoms with E-state index in [-0.39, 0.29) is 18.5 Å². The van der Waals surface area contributed by atoms with Gasteiger partial charge in [0.25, 0.3) is 0 Å². The van der Waals surface area contributed by atoms with Crippen LogP contribution in [0.1, 0.15) is 25.2 Å². The van der Waals surface area contributed by atoms with Gasteiger partial charge in [-0.15, -0.1) is 0 Å². The summed E-state index contributed by atoms with van der Waals surface area (Å²) in [7, 11) is 0. The SMILES string of the molecule is O=C1CCC(NCc2nccn2C(F)F)CN1. The van der Waals surface area contributed by atoms with E-state index < -0.39 is 6.55 Å². The second-order valence-electron chi connectivity index (χ2n) is 3.95. The number of alkyl halides is 2. The summed E-state index contributed by atoms with van der Waals surface area (Å²) in [5.41, 5.74) is 0. The highest BCUT2D eigenvalue weighted by atomic mass is 19.3. The Balaban J connectivity index is 1.85. The summed E-state index contributed by atoms with van der Waals surface area (Å²) in [5, 5.41) is 5.83. The molecular formula is C10H14F2N4O. The fourth-order valence-corrected chi connectivity index (χ4v) is 1.80. The average molecular weight is 244 g/mol. The third-order valence-corrected chi connectivity index (χ3v) is 2.77. The number of imidazole rings is 1. The molecule has 0 aliphatic carbocycles. The van der Waals surface area contributed by atoms with E-state index in [0.717, 1.165) is 11.0 Å². The first-order valence-corrected chi connectivity index (χ1v) is 5.47. The topological polar surface area (TPSA) is 59.0 Å². The lowest BCUT2D eigenvalue weighted by Gasteiger charge is -2.23. The van der Waals surface area contributed by atoms with Gasteiger partial charge in [0.05, 0.1) is 6.54 Å². The first kappa shape index (κ1) is 12.0. The van der Waals surface area contributed by atoms with E-state index >= 15 is 0 Å². The molecule has 1 aliphatic heterocycles. The first-order chi connectivity index (χ1) is 8.16. The molecule has 1 aromatic heterocycles. The Morgan fingerprint density at radius 1 is 1.65 bits per heavy atom. The number of hydrogen-bond donors (Lipinski definition) is 2. The molecule has 2 heterocycles. The smallest absolute Gasteiger partial charge is 0.319 e. The highest BCUT2D eigenvalue weighted by Crippen LogP contribution is 2.12. The number of carbonyl (C=O) groups excluding carboxylic acids is 1. The lowest BCUT2D eigenvalue weighted by atomic mass is 10.1. The van der Waals surface area contributed by atoms with Crippen LogP contribution in [0.3, 0.4) is 0 Å². The first-order valence-electron chi connectivity index (χ1n) is 5.47. The van der Waals surface area contributed by atoms with Crippen molar-refractivity contribution in [1.82, 2.24) is 20.2 Å². The number of piperidine rings is 1. The molecule has 1 unspecified atom stereocenters. The Labute approximate surface area is 97.2 Å². The van der Waals surface area contributed by atoms with Crippen molar-refractivity contribution in [3.05, 3.63) is 18.2 Å². The largest absolute Gasteiger partial charge is 0.355 e. The Hall–Kier alpha value is -1.50. The quantitative estimate of drug-likeness (QED) is 0.817. The van der Waals surface area contributed by atoms with Crippen LogP contribution in [0.4, 0.5) is 8.78 Å². The van der Waals surface area contributed by atoms with E-state index in [4.69, 9.17) is 0 Å². The fourth-order valence-electron chi connectivity index (χ4n) is 1.80. The van der Waals surface area contributed by atoms with Gasteiger partial charge in [0.15, 0.2) is 0 Å². The molecule has 0 radical (unpaired) electrons. The Kier molecular flexibility index (Phi) is 3.68. The van der Waals surface area contributed by atoms with E-state index in [9.17, 15) is 13.6 Å². The van der Waals surface area contributed by atoms with Gasteiger partial charge in [-0.25, -0.2) is 4.98 Å². The number of nitrogens with zero attached hydrogens (tertiary/aromatic N) is 2. The van der Waals surface area contributed by atoms with E-state index in [0.29, 0.717) is 18.8 Å². The summed E-state index contributed by atoms with van der Waals surface area (Å²) >= 11 is 0. The maximum atomic E-state index is 12.5. The van der Waals surface area contributed by atoms with Crippen LogP contribution in [0.2, 0.25) is 0 Å². The summed E-state index contributed by atoms with van der Waals surface area (Å²) in [4.78, 5) is 14.8. The standard InChI is InChI=1S/C10H14F2N4O/c11-10(12)16-4-3-13-8(16)6-14-7-1-2-9(17)15-5-7/h3-4,7,10,14H,1-2,5-6H2,(H,15,17). The zero-order chi connectivity index (χ0) is 12.3. The van der Waals surface area contributed by atoms with Gasteiger partial charge in [0.1, 0.15) is 5.82 Å². The number of nitrogens with one attached hydrogen (secondary N) is 2. The number of rotatable bonds is 4. The molecule has 7 heteroatoms. The lowest BCUT2D eigenvalue weighted by molar-refractivity contribution is -0.122. The predicted molar refractivity (Wildman–Crippen MR) is 56.4 cm³/mol. The third kappa shape index (κ3) is 3.00. The minimum atomic E-state index is -2.57. The van der Waals surface area contributed by atoms with Gasteiger partial charge in [-0.2, -0.15) is 8.78 Å². The van der Waals surface area contributed by atoms with Crippen molar-refractivity contribution >= 4 is 5.91 Å². The van der Waals surface area contributed by atoms with Crippen LogP contribution in [0, 0.1) is 0 Å². The molecule has 1 aromatic rings. The van der Waals surface area contributed by atoms with E-state index in [1.807, 2.05) is 0 Å². The second kappa shape index (κ2) is 5.22. The molecule has 1 atom stereocenters. The maximum Gasteiger partial charge on any atom is 0.319 e. The van der Waals surface area contributed by atoms with Gasteiger partial charge in [-0.1, -0.05) is 0 Å². The zero-order valence-electron chi connectivity index (χ0n) is 9.20.